The Bertz CT molecular complexity index is 1170. The van der Waals surface area contributed by atoms with Crippen LogP contribution >= 0.6 is 11.3 Å². The number of aryl methyl sites for hydroxylation is 2. The van der Waals surface area contributed by atoms with E-state index in [-0.39, 0.29) is 17.9 Å². The molecule has 162 valence electrons. The van der Waals surface area contributed by atoms with E-state index in [1.807, 2.05) is 49.6 Å². The quantitative estimate of drug-likeness (QED) is 0.658. The van der Waals surface area contributed by atoms with E-state index in [1.165, 1.54) is 11.3 Å². The van der Waals surface area contributed by atoms with Crippen LogP contribution in [0.25, 0.3) is 10.2 Å². The number of hydrogen-bond donors (Lipinski definition) is 1. The first kappa shape index (κ1) is 21.5. The Morgan fingerprint density at radius 2 is 1.94 bits per heavy atom. The monoisotopic (exact) mass is 437 g/mol. The van der Waals surface area contributed by atoms with E-state index in [0.29, 0.717) is 16.9 Å². The Morgan fingerprint density at radius 3 is 2.65 bits per heavy atom. The lowest BCUT2D eigenvalue weighted by Gasteiger charge is -2.17. The number of benzene rings is 2. The fourth-order valence-electron chi connectivity index (χ4n) is 3.74. The minimum absolute atomic E-state index is 0.0790. The Hall–Kier alpha value is -2.77. The second-order valence-corrected chi connectivity index (χ2v) is 9.07. The van der Waals surface area contributed by atoms with Crippen molar-refractivity contribution in [2.24, 2.45) is 4.99 Å². The van der Waals surface area contributed by atoms with Gasteiger partial charge in [0.1, 0.15) is 6.04 Å². The number of carbonyl (C=O) groups is 2. The molecule has 31 heavy (non-hydrogen) atoms. The number of nitrogens with one attached hydrogen (secondary N) is 1. The first-order valence-corrected chi connectivity index (χ1v) is 11.4. The van der Waals surface area contributed by atoms with Crippen LogP contribution < -0.4 is 10.1 Å². The molecule has 1 aliphatic heterocycles. The number of carbonyl (C=O) groups excluding carboxylic acids is 2. The third-order valence-electron chi connectivity index (χ3n) is 5.57. The molecule has 3 aromatic rings. The molecule has 0 radical (unpaired) electrons. The summed E-state index contributed by atoms with van der Waals surface area (Å²) < 4.78 is 8.46. The summed E-state index contributed by atoms with van der Waals surface area (Å²) in [5, 5.41) is 3.00. The van der Waals surface area contributed by atoms with Crippen LogP contribution in [0.1, 0.15) is 47.3 Å². The van der Waals surface area contributed by atoms with Crippen molar-refractivity contribution in [2.75, 3.05) is 13.2 Å². The minimum atomic E-state index is -0.512. The molecule has 2 heterocycles. The van der Waals surface area contributed by atoms with Gasteiger partial charge in [-0.15, -0.1) is 0 Å². The highest BCUT2D eigenvalue weighted by Gasteiger charge is 2.22. The molecule has 0 saturated carbocycles. The second-order valence-electron chi connectivity index (χ2n) is 8.06. The van der Waals surface area contributed by atoms with Crippen LogP contribution in [0, 0.1) is 13.8 Å². The van der Waals surface area contributed by atoms with E-state index in [9.17, 15) is 9.59 Å². The Morgan fingerprint density at radius 1 is 1.19 bits per heavy atom. The molecule has 2 atom stereocenters. The lowest BCUT2D eigenvalue weighted by molar-refractivity contribution is -0.124. The number of ether oxygens (including phenoxy) is 1. The lowest BCUT2D eigenvalue weighted by Crippen LogP contribution is -2.38. The minimum Gasteiger partial charge on any atom is -0.376 e. The predicted molar refractivity (Wildman–Crippen MR) is 122 cm³/mol. The van der Waals surface area contributed by atoms with Gasteiger partial charge in [0, 0.05) is 18.7 Å². The number of thiazole rings is 1. The van der Waals surface area contributed by atoms with Gasteiger partial charge in [-0.1, -0.05) is 35.1 Å². The third kappa shape index (κ3) is 4.78. The number of nitrogens with zero attached hydrogens (tertiary/aromatic N) is 2. The predicted octanol–water partition coefficient (Wildman–Crippen LogP) is 3.92. The highest BCUT2D eigenvalue weighted by molar-refractivity contribution is 7.16. The molecule has 4 rings (SSSR count). The van der Waals surface area contributed by atoms with Crippen molar-refractivity contribution in [1.82, 2.24) is 9.88 Å². The second kappa shape index (κ2) is 9.16. The molecule has 2 unspecified atom stereocenters. The summed E-state index contributed by atoms with van der Waals surface area (Å²) in [6, 6.07) is 12.9. The molecule has 1 aliphatic rings. The first-order chi connectivity index (χ1) is 14.9. The van der Waals surface area contributed by atoms with Gasteiger partial charge in [-0.3, -0.25) is 9.59 Å². The summed E-state index contributed by atoms with van der Waals surface area (Å²) in [5.41, 5.74) is 3.63. The van der Waals surface area contributed by atoms with Crippen LogP contribution in [0.3, 0.4) is 0 Å². The standard InChI is InChI=1S/C24H27N3O3S/c1-15-6-9-18(10-7-15)23(29)26-24-27(20-11-8-16(2)13-21(20)31-24)17(3)22(28)25-14-19-5-4-12-30-19/h6-11,13,17,19H,4-5,12,14H2,1-3H3,(H,25,28). The highest BCUT2D eigenvalue weighted by Crippen LogP contribution is 2.23. The van der Waals surface area contributed by atoms with E-state index < -0.39 is 6.04 Å². The Balaban J connectivity index is 1.69. The van der Waals surface area contributed by atoms with Crippen molar-refractivity contribution in [3.05, 3.63) is 64.0 Å². The van der Waals surface area contributed by atoms with Gasteiger partial charge in [-0.2, -0.15) is 4.99 Å². The number of fused-ring (bicyclic) bond motifs is 1. The lowest BCUT2D eigenvalue weighted by atomic mass is 10.1. The zero-order valence-corrected chi connectivity index (χ0v) is 18.9. The highest BCUT2D eigenvalue weighted by atomic mass is 32.1. The summed E-state index contributed by atoms with van der Waals surface area (Å²) in [7, 11) is 0. The van der Waals surface area contributed by atoms with Crippen LogP contribution in [-0.2, 0) is 9.53 Å². The van der Waals surface area contributed by atoms with Crippen LogP contribution in [-0.4, -0.2) is 35.6 Å². The van der Waals surface area contributed by atoms with Crippen molar-refractivity contribution < 1.29 is 14.3 Å². The zero-order chi connectivity index (χ0) is 22.0. The molecule has 1 N–H and O–H groups in total. The fourth-order valence-corrected chi connectivity index (χ4v) is 4.93. The molecule has 1 saturated heterocycles. The van der Waals surface area contributed by atoms with Crippen molar-refractivity contribution in [3.8, 4) is 0 Å². The maximum atomic E-state index is 12.9. The van der Waals surface area contributed by atoms with Crippen LogP contribution in [0.4, 0.5) is 0 Å². The van der Waals surface area contributed by atoms with Crippen LogP contribution in [0.15, 0.2) is 47.5 Å². The largest absolute Gasteiger partial charge is 0.376 e. The van der Waals surface area contributed by atoms with Gasteiger partial charge >= 0.3 is 0 Å². The Kier molecular flexibility index (Phi) is 6.34. The van der Waals surface area contributed by atoms with Gasteiger partial charge in [0.15, 0.2) is 4.80 Å². The first-order valence-electron chi connectivity index (χ1n) is 10.6. The van der Waals surface area contributed by atoms with Crippen molar-refractivity contribution >= 4 is 33.4 Å². The number of aromatic nitrogens is 1. The maximum Gasteiger partial charge on any atom is 0.279 e. The van der Waals surface area contributed by atoms with Crippen LogP contribution in [0.2, 0.25) is 0 Å². The van der Waals surface area contributed by atoms with Gasteiger partial charge in [0.25, 0.3) is 5.91 Å². The van der Waals surface area contributed by atoms with Gasteiger partial charge in [0.05, 0.1) is 16.3 Å². The summed E-state index contributed by atoms with van der Waals surface area (Å²) >= 11 is 1.42. The van der Waals surface area contributed by atoms with Gasteiger partial charge < -0.3 is 14.6 Å². The van der Waals surface area contributed by atoms with E-state index in [2.05, 4.69) is 16.4 Å². The summed E-state index contributed by atoms with van der Waals surface area (Å²) in [5.74, 6) is -0.427. The smallest absolute Gasteiger partial charge is 0.279 e. The molecule has 0 spiro atoms. The molecule has 2 aromatic carbocycles. The third-order valence-corrected chi connectivity index (χ3v) is 6.59. The molecule has 2 amide bonds. The average Bonchev–Trinajstić information content (AvgIpc) is 3.39. The van der Waals surface area contributed by atoms with Crippen molar-refractivity contribution in [1.29, 1.82) is 0 Å². The molecule has 7 heteroatoms. The van der Waals surface area contributed by atoms with Gasteiger partial charge in [0.2, 0.25) is 5.91 Å². The molecule has 0 bridgehead atoms. The van der Waals surface area contributed by atoms with Gasteiger partial charge in [-0.25, -0.2) is 0 Å². The Labute approximate surface area is 185 Å². The van der Waals surface area contributed by atoms with E-state index in [4.69, 9.17) is 4.74 Å². The number of hydrogen-bond acceptors (Lipinski definition) is 4. The summed E-state index contributed by atoms with van der Waals surface area (Å²) in [4.78, 5) is 30.7. The fraction of sp³-hybridized carbons (Fsp3) is 0.375. The number of rotatable bonds is 5. The maximum absolute atomic E-state index is 12.9. The average molecular weight is 438 g/mol. The SMILES string of the molecule is Cc1ccc(C(=O)N=c2sc3cc(C)ccc3n2C(C)C(=O)NCC2CCCO2)cc1. The molecule has 1 aromatic heterocycles. The topological polar surface area (TPSA) is 72.7 Å². The van der Waals surface area contributed by atoms with E-state index in [1.54, 1.807) is 12.1 Å². The van der Waals surface area contributed by atoms with E-state index >= 15 is 0 Å². The molecular weight excluding hydrogens is 410 g/mol. The molecule has 6 nitrogen and oxygen atoms in total. The molecule has 1 fully saturated rings. The summed E-state index contributed by atoms with van der Waals surface area (Å²) in [6.07, 6.45) is 2.08. The molecular formula is C24H27N3O3S. The zero-order valence-electron chi connectivity index (χ0n) is 18.1. The normalized spacial score (nSPS) is 17.8. The van der Waals surface area contributed by atoms with Gasteiger partial charge in [-0.05, 0) is 63.4 Å². The number of amides is 2. The van der Waals surface area contributed by atoms with E-state index in [0.717, 1.165) is 40.8 Å². The van der Waals surface area contributed by atoms with Crippen molar-refractivity contribution in [2.45, 2.75) is 45.8 Å². The molecule has 0 aliphatic carbocycles. The van der Waals surface area contributed by atoms with Crippen LogP contribution in [0.5, 0.6) is 0 Å². The summed E-state index contributed by atoms with van der Waals surface area (Å²) in [6.45, 7) is 7.09. The van der Waals surface area contributed by atoms with Crippen molar-refractivity contribution in [3.63, 3.8) is 0 Å².